The van der Waals surface area contributed by atoms with Gasteiger partial charge in [0.25, 0.3) is 5.91 Å². The number of carbonyl (C=O) groups is 2. The van der Waals surface area contributed by atoms with Crippen molar-refractivity contribution in [1.29, 1.82) is 0 Å². The Labute approximate surface area is 176 Å². The molecule has 0 spiro atoms. The molecule has 2 bridgehead atoms. The second-order valence-corrected chi connectivity index (χ2v) is 9.67. The number of likely N-dealkylation sites (tertiary alicyclic amines) is 1. The lowest BCUT2D eigenvalue weighted by Gasteiger charge is -2.34. The van der Waals surface area contributed by atoms with Crippen LogP contribution in [-0.4, -0.2) is 35.8 Å². The van der Waals surface area contributed by atoms with E-state index in [2.05, 4.69) is 12.2 Å². The third-order valence-electron chi connectivity index (χ3n) is 7.05. The van der Waals surface area contributed by atoms with Crippen molar-refractivity contribution in [2.75, 3.05) is 13.1 Å². The van der Waals surface area contributed by atoms with Gasteiger partial charge in [0, 0.05) is 24.7 Å². The van der Waals surface area contributed by atoms with Crippen molar-refractivity contribution in [3.05, 3.63) is 33.8 Å². The summed E-state index contributed by atoms with van der Waals surface area (Å²) in [6.45, 7) is 3.30. The Morgan fingerprint density at radius 2 is 1.96 bits per heavy atom. The maximum absolute atomic E-state index is 12.9. The molecule has 0 radical (unpaired) electrons. The third kappa shape index (κ3) is 4.04. The van der Waals surface area contributed by atoms with Gasteiger partial charge in [-0.1, -0.05) is 29.6 Å². The summed E-state index contributed by atoms with van der Waals surface area (Å²) < 4.78 is 0. The van der Waals surface area contributed by atoms with Crippen LogP contribution in [0.15, 0.2) is 18.2 Å². The highest BCUT2D eigenvalue weighted by molar-refractivity contribution is 6.42. The van der Waals surface area contributed by atoms with Crippen LogP contribution in [0, 0.1) is 23.7 Å². The fourth-order valence-corrected chi connectivity index (χ4v) is 5.84. The van der Waals surface area contributed by atoms with E-state index in [9.17, 15) is 9.59 Å². The smallest absolute Gasteiger partial charge is 0.253 e. The van der Waals surface area contributed by atoms with Gasteiger partial charge in [-0.2, -0.15) is 0 Å². The van der Waals surface area contributed by atoms with Crippen LogP contribution in [0.5, 0.6) is 0 Å². The molecule has 1 N–H and O–H groups in total. The molecule has 1 aromatic rings. The molecule has 1 aliphatic heterocycles. The van der Waals surface area contributed by atoms with Gasteiger partial charge in [-0.05, 0) is 75.0 Å². The summed E-state index contributed by atoms with van der Waals surface area (Å²) in [7, 11) is 0. The summed E-state index contributed by atoms with van der Waals surface area (Å²) in [4.78, 5) is 27.5. The number of piperidine rings is 1. The number of nitrogens with one attached hydrogen (secondary N) is 1. The lowest BCUT2D eigenvalue weighted by molar-refractivity contribution is -0.127. The quantitative estimate of drug-likeness (QED) is 0.757. The number of halogens is 2. The Morgan fingerprint density at radius 3 is 2.64 bits per heavy atom. The zero-order chi connectivity index (χ0) is 19.8. The average molecular weight is 423 g/mol. The summed E-state index contributed by atoms with van der Waals surface area (Å²) in [6.07, 6.45) is 6.98. The highest BCUT2D eigenvalue weighted by Gasteiger charge is 2.42. The van der Waals surface area contributed by atoms with Gasteiger partial charge in [-0.3, -0.25) is 9.59 Å². The van der Waals surface area contributed by atoms with Crippen molar-refractivity contribution in [3.63, 3.8) is 0 Å². The zero-order valence-corrected chi connectivity index (χ0v) is 17.8. The minimum Gasteiger partial charge on any atom is -0.353 e. The molecule has 2 aliphatic carbocycles. The highest BCUT2D eigenvalue weighted by atomic mass is 35.5. The van der Waals surface area contributed by atoms with Crippen LogP contribution < -0.4 is 5.32 Å². The first-order chi connectivity index (χ1) is 13.4. The second-order valence-electron chi connectivity index (χ2n) is 8.86. The van der Waals surface area contributed by atoms with Crippen LogP contribution in [0.4, 0.5) is 0 Å². The number of rotatable bonds is 4. The standard InChI is InChI=1S/C22H28Cl2N2O2/c1-13(18-10-14-4-5-15(18)9-14)25-21(27)17-3-2-8-26(12-17)22(28)16-6-7-19(23)20(24)11-16/h6-7,11,13-15,17-18H,2-5,8-10,12H2,1H3,(H,25,27). The zero-order valence-electron chi connectivity index (χ0n) is 16.3. The molecular formula is C22H28Cl2N2O2. The number of nitrogens with zero attached hydrogens (tertiary/aromatic N) is 1. The van der Waals surface area contributed by atoms with Crippen molar-refractivity contribution in [1.82, 2.24) is 10.2 Å². The summed E-state index contributed by atoms with van der Waals surface area (Å²) in [5, 5.41) is 4.08. The van der Waals surface area contributed by atoms with Crippen molar-refractivity contribution < 1.29 is 9.59 Å². The van der Waals surface area contributed by atoms with E-state index in [0.717, 1.165) is 24.7 Å². The highest BCUT2D eigenvalue weighted by Crippen LogP contribution is 2.49. The van der Waals surface area contributed by atoms with E-state index in [0.29, 0.717) is 34.6 Å². The van der Waals surface area contributed by atoms with Crippen molar-refractivity contribution in [3.8, 4) is 0 Å². The summed E-state index contributed by atoms with van der Waals surface area (Å²) in [5.41, 5.74) is 0.519. The SMILES string of the molecule is CC(NC(=O)C1CCCN(C(=O)c2ccc(Cl)c(Cl)c2)C1)C1CC2CCC1C2. The maximum atomic E-state index is 12.9. The minimum atomic E-state index is -0.137. The summed E-state index contributed by atoms with van der Waals surface area (Å²) >= 11 is 12.0. The number of hydrogen-bond donors (Lipinski definition) is 1. The monoisotopic (exact) mass is 422 g/mol. The Balaban J connectivity index is 1.35. The van der Waals surface area contributed by atoms with Gasteiger partial charge >= 0.3 is 0 Å². The van der Waals surface area contributed by atoms with E-state index in [1.165, 1.54) is 25.7 Å². The van der Waals surface area contributed by atoms with E-state index >= 15 is 0 Å². The molecule has 3 aliphatic rings. The molecule has 152 valence electrons. The maximum Gasteiger partial charge on any atom is 0.253 e. The Morgan fingerprint density at radius 1 is 1.14 bits per heavy atom. The van der Waals surface area contributed by atoms with E-state index in [1.54, 1.807) is 23.1 Å². The number of amides is 2. The first-order valence-corrected chi connectivity index (χ1v) is 11.2. The second kappa shape index (κ2) is 8.23. The van der Waals surface area contributed by atoms with Gasteiger partial charge in [-0.15, -0.1) is 0 Å². The van der Waals surface area contributed by atoms with Crippen LogP contribution in [-0.2, 0) is 4.79 Å². The molecule has 1 saturated heterocycles. The Hall–Kier alpha value is -1.26. The number of carbonyl (C=O) groups excluding carboxylic acids is 2. The van der Waals surface area contributed by atoms with Crippen molar-refractivity contribution in [2.45, 2.75) is 51.5 Å². The molecule has 5 unspecified atom stereocenters. The van der Waals surface area contributed by atoms with Gasteiger partial charge in [0.2, 0.25) is 5.91 Å². The number of hydrogen-bond acceptors (Lipinski definition) is 2. The lowest BCUT2D eigenvalue weighted by atomic mass is 9.83. The Kier molecular flexibility index (Phi) is 5.89. The molecule has 6 heteroatoms. The van der Waals surface area contributed by atoms with Gasteiger partial charge < -0.3 is 10.2 Å². The number of benzene rings is 1. The van der Waals surface area contributed by atoms with Crippen LogP contribution in [0.2, 0.25) is 10.0 Å². The van der Waals surface area contributed by atoms with Gasteiger partial charge in [0.05, 0.1) is 16.0 Å². The number of fused-ring (bicyclic) bond motifs is 2. The molecular weight excluding hydrogens is 395 g/mol. The third-order valence-corrected chi connectivity index (χ3v) is 7.79. The van der Waals surface area contributed by atoms with E-state index in [1.807, 2.05) is 0 Å². The first-order valence-electron chi connectivity index (χ1n) is 10.5. The van der Waals surface area contributed by atoms with E-state index in [4.69, 9.17) is 23.2 Å². The minimum absolute atomic E-state index is 0.0859. The molecule has 3 fully saturated rings. The fraction of sp³-hybridized carbons (Fsp3) is 0.636. The van der Waals surface area contributed by atoms with Gasteiger partial charge in [0.15, 0.2) is 0 Å². The lowest BCUT2D eigenvalue weighted by Crippen LogP contribution is -2.49. The fourth-order valence-electron chi connectivity index (χ4n) is 5.54. The van der Waals surface area contributed by atoms with E-state index in [-0.39, 0.29) is 23.8 Å². The largest absolute Gasteiger partial charge is 0.353 e. The molecule has 5 atom stereocenters. The van der Waals surface area contributed by atoms with Crippen molar-refractivity contribution in [2.24, 2.45) is 23.7 Å². The van der Waals surface area contributed by atoms with E-state index < -0.39 is 0 Å². The molecule has 4 rings (SSSR count). The van der Waals surface area contributed by atoms with Gasteiger partial charge in [0.1, 0.15) is 0 Å². The molecule has 28 heavy (non-hydrogen) atoms. The molecule has 4 nitrogen and oxygen atoms in total. The van der Waals surface area contributed by atoms with Crippen LogP contribution in [0.3, 0.4) is 0 Å². The predicted octanol–water partition coefficient (Wildman–Crippen LogP) is 4.79. The molecule has 1 aromatic carbocycles. The van der Waals surface area contributed by atoms with Gasteiger partial charge in [-0.25, -0.2) is 0 Å². The molecule has 2 amide bonds. The first kappa shape index (κ1) is 20.0. The summed E-state index contributed by atoms with van der Waals surface area (Å²) in [5.74, 6) is 2.17. The molecule has 2 saturated carbocycles. The Bertz CT molecular complexity index is 769. The topological polar surface area (TPSA) is 49.4 Å². The van der Waals surface area contributed by atoms with Crippen LogP contribution in [0.1, 0.15) is 55.8 Å². The van der Waals surface area contributed by atoms with Crippen LogP contribution in [0.25, 0.3) is 0 Å². The normalized spacial score (nSPS) is 30.3. The predicted molar refractivity (Wildman–Crippen MR) is 112 cm³/mol. The average Bonchev–Trinajstić information content (AvgIpc) is 3.33. The summed E-state index contributed by atoms with van der Waals surface area (Å²) in [6, 6.07) is 5.16. The molecule has 1 heterocycles. The molecule has 0 aromatic heterocycles. The van der Waals surface area contributed by atoms with Crippen LogP contribution >= 0.6 is 23.2 Å². The van der Waals surface area contributed by atoms with Crippen molar-refractivity contribution >= 4 is 35.0 Å².